The number of hydrogen-bond acceptors (Lipinski definition) is 5. The average Bonchev–Trinajstić information content (AvgIpc) is 3.33. The van der Waals surface area contributed by atoms with Crippen molar-refractivity contribution in [2.24, 2.45) is 7.05 Å². The minimum Gasteiger partial charge on any atom is -0.317 e. The van der Waals surface area contributed by atoms with Crippen molar-refractivity contribution in [3.63, 3.8) is 0 Å². The molecular weight excluding hydrogens is 354 g/mol. The first-order valence-corrected chi connectivity index (χ1v) is 11.4. The first-order valence-electron chi connectivity index (χ1n) is 10.2. The molecule has 0 N–H and O–H groups in total. The number of benzene rings is 1. The Morgan fingerprint density at radius 2 is 1.70 bits per heavy atom. The lowest BCUT2D eigenvalue weighted by Gasteiger charge is -2.32. The fourth-order valence-electron chi connectivity index (χ4n) is 4.41. The van der Waals surface area contributed by atoms with Crippen molar-refractivity contribution in [2.75, 3.05) is 32.4 Å². The third kappa shape index (κ3) is 4.55. The SMILES string of the molecule is CSc1ccc(CN2CCC[C@@H](c3nnc(CN4CCCC4)n3C)C2)cc1. The summed E-state index contributed by atoms with van der Waals surface area (Å²) >= 11 is 1.80. The van der Waals surface area contributed by atoms with E-state index in [1.54, 1.807) is 11.8 Å². The quantitative estimate of drug-likeness (QED) is 0.711. The molecule has 146 valence electrons. The van der Waals surface area contributed by atoms with Gasteiger partial charge in [-0.2, -0.15) is 0 Å². The van der Waals surface area contributed by atoms with Gasteiger partial charge in [0.2, 0.25) is 0 Å². The van der Waals surface area contributed by atoms with E-state index in [2.05, 4.69) is 62.1 Å². The Kier molecular flexibility index (Phi) is 6.15. The lowest BCUT2D eigenvalue weighted by atomic mass is 9.96. The van der Waals surface area contributed by atoms with Crippen LogP contribution < -0.4 is 0 Å². The van der Waals surface area contributed by atoms with E-state index in [0.717, 1.165) is 25.5 Å². The van der Waals surface area contributed by atoms with Crippen LogP contribution in [0.5, 0.6) is 0 Å². The van der Waals surface area contributed by atoms with Crippen molar-refractivity contribution in [3.8, 4) is 0 Å². The first-order chi connectivity index (χ1) is 13.2. The molecule has 6 heteroatoms. The molecule has 2 aliphatic heterocycles. The predicted octanol–water partition coefficient (Wildman–Crippen LogP) is 3.51. The molecule has 27 heavy (non-hydrogen) atoms. The van der Waals surface area contributed by atoms with Crippen molar-refractivity contribution in [3.05, 3.63) is 41.5 Å². The topological polar surface area (TPSA) is 37.2 Å². The zero-order valence-corrected chi connectivity index (χ0v) is 17.4. The minimum atomic E-state index is 0.494. The van der Waals surface area contributed by atoms with Crippen LogP contribution in [0.15, 0.2) is 29.2 Å². The second-order valence-electron chi connectivity index (χ2n) is 7.94. The van der Waals surface area contributed by atoms with Crippen LogP contribution in [0.3, 0.4) is 0 Å². The highest BCUT2D eigenvalue weighted by Crippen LogP contribution is 2.27. The maximum atomic E-state index is 4.60. The summed E-state index contributed by atoms with van der Waals surface area (Å²) in [4.78, 5) is 6.41. The monoisotopic (exact) mass is 385 g/mol. The minimum absolute atomic E-state index is 0.494. The van der Waals surface area contributed by atoms with E-state index in [-0.39, 0.29) is 0 Å². The van der Waals surface area contributed by atoms with Crippen LogP contribution in [0, 0.1) is 0 Å². The van der Waals surface area contributed by atoms with Gasteiger partial charge in [-0.3, -0.25) is 9.80 Å². The number of rotatable bonds is 6. The fourth-order valence-corrected chi connectivity index (χ4v) is 4.82. The molecular formula is C21H31N5S. The zero-order chi connectivity index (χ0) is 18.6. The van der Waals surface area contributed by atoms with E-state index in [0.29, 0.717) is 5.92 Å². The van der Waals surface area contributed by atoms with E-state index in [1.807, 2.05) is 0 Å². The lowest BCUT2D eigenvalue weighted by molar-refractivity contribution is 0.195. The Morgan fingerprint density at radius 3 is 2.44 bits per heavy atom. The van der Waals surface area contributed by atoms with Crippen LogP contribution in [0.4, 0.5) is 0 Å². The van der Waals surface area contributed by atoms with Gasteiger partial charge in [0, 0.05) is 31.0 Å². The lowest BCUT2D eigenvalue weighted by Crippen LogP contribution is -2.35. The second kappa shape index (κ2) is 8.76. The molecule has 1 aromatic carbocycles. The Balaban J connectivity index is 1.39. The Morgan fingerprint density at radius 1 is 0.963 bits per heavy atom. The Bertz CT molecular complexity index is 736. The molecule has 1 atom stereocenters. The zero-order valence-electron chi connectivity index (χ0n) is 16.6. The van der Waals surface area contributed by atoms with Gasteiger partial charge in [-0.15, -0.1) is 22.0 Å². The van der Waals surface area contributed by atoms with Crippen LogP contribution in [-0.4, -0.2) is 57.0 Å². The molecule has 1 aromatic heterocycles. The molecule has 2 aliphatic rings. The number of piperidine rings is 1. The molecule has 0 unspecified atom stereocenters. The van der Waals surface area contributed by atoms with Gasteiger partial charge in [0.15, 0.2) is 0 Å². The number of likely N-dealkylation sites (tertiary alicyclic amines) is 2. The maximum Gasteiger partial charge on any atom is 0.146 e. The normalized spacial score (nSPS) is 21.8. The summed E-state index contributed by atoms with van der Waals surface area (Å²) in [7, 11) is 2.15. The molecule has 2 fully saturated rings. The van der Waals surface area contributed by atoms with Crippen LogP contribution in [-0.2, 0) is 20.1 Å². The van der Waals surface area contributed by atoms with Crippen molar-refractivity contribution in [1.29, 1.82) is 0 Å². The number of nitrogens with zero attached hydrogens (tertiary/aromatic N) is 5. The van der Waals surface area contributed by atoms with Crippen LogP contribution in [0.25, 0.3) is 0 Å². The molecule has 0 bridgehead atoms. The average molecular weight is 386 g/mol. The number of thioether (sulfide) groups is 1. The highest BCUT2D eigenvalue weighted by atomic mass is 32.2. The molecule has 4 rings (SSSR count). The van der Waals surface area contributed by atoms with Crippen molar-refractivity contribution in [2.45, 2.75) is 49.6 Å². The highest BCUT2D eigenvalue weighted by Gasteiger charge is 2.26. The summed E-state index contributed by atoms with van der Waals surface area (Å²) in [5, 5.41) is 9.14. The van der Waals surface area contributed by atoms with E-state index in [9.17, 15) is 0 Å². The van der Waals surface area contributed by atoms with Crippen molar-refractivity contribution in [1.82, 2.24) is 24.6 Å². The largest absolute Gasteiger partial charge is 0.317 e. The van der Waals surface area contributed by atoms with E-state index in [4.69, 9.17) is 0 Å². The van der Waals surface area contributed by atoms with Crippen LogP contribution in [0.1, 0.15) is 48.8 Å². The summed E-state index contributed by atoms with van der Waals surface area (Å²) in [5.41, 5.74) is 1.40. The summed E-state index contributed by atoms with van der Waals surface area (Å²) in [6, 6.07) is 9.00. The van der Waals surface area contributed by atoms with Crippen molar-refractivity contribution >= 4 is 11.8 Å². The smallest absolute Gasteiger partial charge is 0.146 e. The standard InChI is InChI=1S/C21H31N5S/c1-24-20(16-25-11-3-4-12-25)22-23-21(24)18-6-5-13-26(15-18)14-17-7-9-19(27-2)10-8-17/h7-10,18H,3-6,11-16H2,1-2H3/t18-/m1/s1. The number of aromatic nitrogens is 3. The maximum absolute atomic E-state index is 4.60. The third-order valence-electron chi connectivity index (χ3n) is 6.00. The van der Waals surface area contributed by atoms with E-state index < -0.39 is 0 Å². The third-order valence-corrected chi connectivity index (χ3v) is 6.74. The summed E-state index contributed by atoms with van der Waals surface area (Å²) < 4.78 is 2.26. The first kappa shape index (κ1) is 19.0. The van der Waals surface area contributed by atoms with Crippen molar-refractivity contribution < 1.29 is 0 Å². The summed E-state index contributed by atoms with van der Waals surface area (Å²) in [6.45, 7) is 6.65. The molecule has 0 spiro atoms. The molecule has 0 aliphatic carbocycles. The van der Waals surface area contributed by atoms with Gasteiger partial charge in [0.25, 0.3) is 0 Å². The van der Waals surface area contributed by atoms with Gasteiger partial charge < -0.3 is 4.57 Å². The Labute approximate surface area is 167 Å². The molecule has 0 amide bonds. The second-order valence-corrected chi connectivity index (χ2v) is 8.82. The van der Waals surface area contributed by atoms with Gasteiger partial charge in [-0.1, -0.05) is 12.1 Å². The van der Waals surface area contributed by atoms with Crippen LogP contribution in [0.2, 0.25) is 0 Å². The van der Waals surface area contributed by atoms with Gasteiger partial charge in [0.1, 0.15) is 11.6 Å². The summed E-state index contributed by atoms with van der Waals surface area (Å²) in [6.07, 6.45) is 7.23. The van der Waals surface area contributed by atoms with Gasteiger partial charge in [0.05, 0.1) is 6.54 Å². The van der Waals surface area contributed by atoms with E-state index >= 15 is 0 Å². The molecule has 2 aromatic rings. The number of hydrogen-bond donors (Lipinski definition) is 0. The van der Waals surface area contributed by atoms with Crippen LogP contribution >= 0.6 is 11.8 Å². The molecule has 2 saturated heterocycles. The predicted molar refractivity (Wildman–Crippen MR) is 111 cm³/mol. The molecule has 5 nitrogen and oxygen atoms in total. The Hall–Kier alpha value is -1.37. The fraction of sp³-hybridized carbons (Fsp3) is 0.619. The van der Waals surface area contributed by atoms with Gasteiger partial charge >= 0.3 is 0 Å². The van der Waals surface area contributed by atoms with Gasteiger partial charge in [-0.25, -0.2) is 0 Å². The molecule has 0 radical (unpaired) electrons. The highest BCUT2D eigenvalue weighted by molar-refractivity contribution is 7.98. The molecule has 0 saturated carbocycles. The molecule has 3 heterocycles. The van der Waals surface area contributed by atoms with E-state index in [1.165, 1.54) is 61.6 Å². The van der Waals surface area contributed by atoms with Gasteiger partial charge in [-0.05, 0) is 69.3 Å². The summed E-state index contributed by atoms with van der Waals surface area (Å²) in [5.74, 6) is 2.79.